The maximum Gasteiger partial charge on any atom is 0.244 e. The van der Waals surface area contributed by atoms with Gasteiger partial charge in [-0.2, -0.15) is 8.61 Å². The molecule has 284 valence electrons. The highest BCUT2D eigenvalue weighted by atomic mass is 79.9. The van der Waals surface area contributed by atoms with Gasteiger partial charge in [0.1, 0.15) is 12.1 Å². The van der Waals surface area contributed by atoms with Crippen molar-refractivity contribution in [3.8, 4) is 0 Å². The topological polar surface area (TPSA) is 133 Å². The van der Waals surface area contributed by atoms with Crippen molar-refractivity contribution in [2.75, 3.05) is 23.7 Å². The Morgan fingerprint density at radius 1 is 0.630 bits per heavy atom. The number of nitrogens with zero attached hydrogens (tertiary/aromatic N) is 2. The standard InChI is InChI=1S/C40H42Br2N4O6S2/c1-3-29-25-31(41)15-21-37(29)53(49,50)45-23-5-7-35(45)39(47)43-33-17-11-27(12-18-33)9-10-28-13-19-34(20-14-28)44-40(48)36-8-6-24-46(36)54(51,52)38-22-16-32(42)26-30(38)4-2/h9-22,25-26,35-36H,3-8,23-24H2,1-2H3,(H,43,47)(H,44,48)/t35-,36-/m0/s1. The number of amides is 2. The largest absolute Gasteiger partial charge is 0.325 e. The number of hydrogen-bond acceptors (Lipinski definition) is 6. The van der Waals surface area contributed by atoms with Crippen LogP contribution in [0.2, 0.25) is 0 Å². The van der Waals surface area contributed by atoms with Crippen molar-refractivity contribution in [1.82, 2.24) is 8.61 Å². The van der Waals surface area contributed by atoms with Crippen LogP contribution in [0.5, 0.6) is 0 Å². The highest BCUT2D eigenvalue weighted by Crippen LogP contribution is 2.32. The first-order valence-electron chi connectivity index (χ1n) is 17.9. The third-order valence-corrected chi connectivity index (χ3v) is 14.8. The lowest BCUT2D eigenvalue weighted by atomic mass is 10.1. The van der Waals surface area contributed by atoms with Crippen LogP contribution in [0.4, 0.5) is 11.4 Å². The van der Waals surface area contributed by atoms with Crippen LogP contribution in [0, 0.1) is 0 Å². The van der Waals surface area contributed by atoms with E-state index in [1.165, 1.54) is 8.61 Å². The van der Waals surface area contributed by atoms with E-state index < -0.39 is 32.1 Å². The molecule has 0 spiro atoms. The van der Waals surface area contributed by atoms with Crippen LogP contribution < -0.4 is 10.6 Å². The first-order chi connectivity index (χ1) is 25.8. The van der Waals surface area contributed by atoms with Crippen LogP contribution in [0.15, 0.2) is 104 Å². The molecular weight excluding hydrogens is 856 g/mol. The summed E-state index contributed by atoms with van der Waals surface area (Å²) in [5, 5.41) is 5.79. The van der Waals surface area contributed by atoms with E-state index in [4.69, 9.17) is 0 Å². The molecule has 4 aromatic rings. The van der Waals surface area contributed by atoms with E-state index in [1.807, 2.05) is 50.3 Å². The van der Waals surface area contributed by atoms with E-state index in [2.05, 4.69) is 42.5 Å². The van der Waals surface area contributed by atoms with Gasteiger partial charge in [0.25, 0.3) is 0 Å². The van der Waals surface area contributed by atoms with Gasteiger partial charge in [0.15, 0.2) is 0 Å². The molecule has 54 heavy (non-hydrogen) atoms. The Bertz CT molecular complexity index is 2120. The molecule has 6 rings (SSSR count). The number of carbonyl (C=O) groups excluding carboxylic acids is 2. The quantitative estimate of drug-likeness (QED) is 0.138. The third kappa shape index (κ3) is 8.74. The monoisotopic (exact) mass is 896 g/mol. The molecule has 0 radical (unpaired) electrons. The Balaban J connectivity index is 1.05. The van der Waals surface area contributed by atoms with Gasteiger partial charge in [-0.3, -0.25) is 9.59 Å². The molecule has 0 bridgehead atoms. The zero-order valence-electron chi connectivity index (χ0n) is 30.0. The van der Waals surface area contributed by atoms with Crippen molar-refractivity contribution in [1.29, 1.82) is 0 Å². The van der Waals surface area contributed by atoms with Gasteiger partial charge in [-0.15, -0.1) is 0 Å². The van der Waals surface area contributed by atoms with E-state index in [0.29, 0.717) is 61.0 Å². The van der Waals surface area contributed by atoms with E-state index >= 15 is 0 Å². The van der Waals surface area contributed by atoms with Gasteiger partial charge < -0.3 is 10.6 Å². The summed E-state index contributed by atoms with van der Waals surface area (Å²) in [4.78, 5) is 27.1. The summed E-state index contributed by atoms with van der Waals surface area (Å²) in [7, 11) is -7.72. The van der Waals surface area contributed by atoms with Crippen LogP contribution in [0.3, 0.4) is 0 Å². The average Bonchev–Trinajstić information content (AvgIpc) is 3.87. The Labute approximate surface area is 334 Å². The van der Waals surface area contributed by atoms with E-state index in [9.17, 15) is 26.4 Å². The Morgan fingerprint density at radius 2 is 1.00 bits per heavy atom. The smallest absolute Gasteiger partial charge is 0.244 e. The summed E-state index contributed by atoms with van der Waals surface area (Å²) in [6.07, 6.45) is 7.02. The highest BCUT2D eigenvalue weighted by Gasteiger charge is 2.41. The molecule has 2 N–H and O–H groups in total. The van der Waals surface area contributed by atoms with E-state index in [-0.39, 0.29) is 34.7 Å². The molecule has 2 saturated heterocycles. The highest BCUT2D eigenvalue weighted by molar-refractivity contribution is 9.10. The summed E-state index contributed by atoms with van der Waals surface area (Å²) in [5.41, 5.74) is 4.30. The van der Waals surface area contributed by atoms with E-state index in [0.717, 1.165) is 20.1 Å². The molecule has 0 unspecified atom stereocenters. The number of rotatable bonds is 12. The summed E-state index contributed by atoms with van der Waals surface area (Å²) in [6.45, 7) is 4.38. The number of nitrogens with one attached hydrogen (secondary N) is 2. The lowest BCUT2D eigenvalue weighted by molar-refractivity contribution is -0.119. The Morgan fingerprint density at radius 3 is 1.35 bits per heavy atom. The third-order valence-electron chi connectivity index (χ3n) is 9.82. The zero-order chi connectivity index (χ0) is 38.6. The second kappa shape index (κ2) is 17.0. The van der Waals surface area contributed by atoms with Crippen molar-refractivity contribution < 1.29 is 26.4 Å². The summed E-state index contributed by atoms with van der Waals surface area (Å²) in [6, 6.07) is 23.2. The van der Waals surface area contributed by atoms with Gasteiger partial charge in [0.05, 0.1) is 9.79 Å². The van der Waals surface area contributed by atoms with Crippen LogP contribution >= 0.6 is 31.9 Å². The normalized spacial score (nSPS) is 18.3. The number of aryl methyl sites for hydroxylation is 2. The number of halogens is 2. The first-order valence-corrected chi connectivity index (χ1v) is 22.4. The minimum absolute atomic E-state index is 0.232. The molecule has 14 heteroatoms. The maximum atomic E-state index is 13.6. The lowest BCUT2D eigenvalue weighted by Crippen LogP contribution is -2.43. The van der Waals surface area contributed by atoms with Crippen LogP contribution in [0.25, 0.3) is 12.2 Å². The van der Waals surface area contributed by atoms with Gasteiger partial charge in [-0.1, -0.05) is 82.1 Å². The molecule has 4 aromatic carbocycles. The molecule has 2 heterocycles. The molecule has 0 aliphatic carbocycles. The van der Waals surface area contributed by atoms with Gasteiger partial charge in [-0.25, -0.2) is 16.8 Å². The van der Waals surface area contributed by atoms with Crippen LogP contribution in [0.1, 0.15) is 61.8 Å². The minimum Gasteiger partial charge on any atom is -0.325 e. The van der Waals surface area contributed by atoms with Crippen LogP contribution in [-0.4, -0.2) is 62.4 Å². The fourth-order valence-electron chi connectivity index (χ4n) is 6.98. The molecule has 2 aliphatic heterocycles. The second-order valence-electron chi connectivity index (χ2n) is 13.3. The molecule has 0 saturated carbocycles. The molecule has 2 atom stereocenters. The number of hydrogen-bond donors (Lipinski definition) is 2. The molecule has 10 nitrogen and oxygen atoms in total. The Kier molecular flexibility index (Phi) is 12.6. The second-order valence-corrected chi connectivity index (χ2v) is 18.9. The SMILES string of the molecule is CCc1cc(Br)ccc1S(=O)(=O)N1CCC[C@H]1C(=O)Nc1ccc(C=Cc2ccc(NC(=O)[C@@H]3CCCN3S(=O)(=O)c3ccc(Br)cc3CC)cc2)cc1. The molecule has 2 aliphatic rings. The van der Waals surface area contributed by atoms with Crippen molar-refractivity contribution in [2.45, 2.75) is 74.2 Å². The van der Waals surface area contributed by atoms with Crippen molar-refractivity contribution in [2.24, 2.45) is 0 Å². The summed E-state index contributed by atoms with van der Waals surface area (Å²) < 4.78 is 58.8. The number of carbonyl (C=O) groups is 2. The predicted octanol–water partition coefficient (Wildman–Crippen LogP) is 8.09. The van der Waals surface area contributed by atoms with E-state index in [1.54, 1.807) is 60.7 Å². The van der Waals surface area contributed by atoms with Crippen molar-refractivity contribution in [3.63, 3.8) is 0 Å². The van der Waals surface area contributed by atoms with Crippen molar-refractivity contribution in [3.05, 3.63) is 116 Å². The number of sulfonamides is 2. The van der Waals surface area contributed by atoms with Crippen LogP contribution in [-0.2, 0) is 42.5 Å². The van der Waals surface area contributed by atoms with Gasteiger partial charge in [0, 0.05) is 33.4 Å². The first kappa shape index (κ1) is 40.0. The maximum absolute atomic E-state index is 13.6. The number of benzene rings is 4. The molecular formula is C40H42Br2N4O6S2. The predicted molar refractivity (Wildman–Crippen MR) is 220 cm³/mol. The van der Waals surface area contributed by atoms with Gasteiger partial charge >= 0.3 is 0 Å². The van der Waals surface area contributed by atoms with Crippen molar-refractivity contribution >= 4 is 87.2 Å². The lowest BCUT2D eigenvalue weighted by Gasteiger charge is -2.24. The van der Waals surface area contributed by atoms with Gasteiger partial charge in [-0.05, 0) is 121 Å². The minimum atomic E-state index is -3.86. The fraction of sp³-hybridized carbons (Fsp3) is 0.300. The zero-order valence-corrected chi connectivity index (χ0v) is 34.8. The summed E-state index contributed by atoms with van der Waals surface area (Å²) in [5.74, 6) is -0.724. The molecule has 2 fully saturated rings. The van der Waals surface area contributed by atoms with Gasteiger partial charge in [0.2, 0.25) is 31.9 Å². The Hall–Kier alpha value is -3.66. The average molecular weight is 899 g/mol. The molecule has 0 aromatic heterocycles. The molecule has 2 amide bonds. The summed E-state index contributed by atoms with van der Waals surface area (Å²) >= 11 is 6.83. The number of anilines is 2. The fourth-order valence-corrected chi connectivity index (χ4v) is 11.7.